The zero-order valence-electron chi connectivity index (χ0n) is 7.54. The molecule has 1 rings (SSSR count). The van der Waals surface area contributed by atoms with Crippen molar-refractivity contribution in [2.75, 3.05) is 0 Å². The molecule has 2 atom stereocenters. The third kappa shape index (κ3) is 1.81. The van der Waals surface area contributed by atoms with Crippen LogP contribution in [0.2, 0.25) is 0 Å². The Morgan fingerprint density at radius 1 is 1.25 bits per heavy atom. The molecule has 2 heteroatoms. The monoisotopic (exact) mass is 166 g/mol. The first-order chi connectivity index (χ1) is 5.63. The van der Waals surface area contributed by atoms with Gasteiger partial charge in [0.1, 0.15) is 11.6 Å². The Bertz CT molecular complexity index is 228. The van der Waals surface area contributed by atoms with E-state index in [0.29, 0.717) is 0 Å². The molecule has 0 aromatic rings. The summed E-state index contributed by atoms with van der Waals surface area (Å²) in [5.74, 6) is 0.0226. The summed E-state index contributed by atoms with van der Waals surface area (Å²) in [6.45, 7) is 3.12. The first-order valence-electron chi connectivity index (χ1n) is 4.30. The summed E-state index contributed by atoms with van der Waals surface area (Å²) in [7, 11) is 0. The number of carbonyl (C=O) groups is 2. The van der Waals surface area contributed by atoms with Crippen LogP contribution < -0.4 is 0 Å². The minimum atomic E-state index is -0.156. The average Bonchev–Trinajstić information content (AvgIpc) is 2.04. The molecule has 12 heavy (non-hydrogen) atoms. The lowest BCUT2D eigenvalue weighted by molar-refractivity contribution is -0.129. The van der Waals surface area contributed by atoms with Gasteiger partial charge in [0.15, 0.2) is 0 Å². The van der Waals surface area contributed by atoms with Gasteiger partial charge in [-0.05, 0) is 26.7 Å². The molecule has 0 aliphatic heterocycles. The van der Waals surface area contributed by atoms with Crippen molar-refractivity contribution >= 4 is 11.6 Å². The minimum absolute atomic E-state index is 0.0625. The lowest BCUT2D eigenvalue weighted by atomic mass is 9.79. The number of carbonyl (C=O) groups excluding carboxylic acids is 2. The van der Waals surface area contributed by atoms with Gasteiger partial charge in [-0.15, -0.1) is 0 Å². The van der Waals surface area contributed by atoms with E-state index in [1.54, 1.807) is 13.8 Å². The topological polar surface area (TPSA) is 34.1 Å². The van der Waals surface area contributed by atoms with Gasteiger partial charge in [0.2, 0.25) is 0 Å². The molecule has 0 saturated heterocycles. The maximum Gasteiger partial charge on any atom is 0.137 e. The van der Waals surface area contributed by atoms with E-state index in [-0.39, 0.29) is 23.4 Å². The van der Waals surface area contributed by atoms with E-state index >= 15 is 0 Å². The number of rotatable bonds is 2. The molecule has 0 fully saturated rings. The van der Waals surface area contributed by atoms with E-state index in [1.807, 2.05) is 12.2 Å². The molecule has 66 valence electrons. The van der Waals surface area contributed by atoms with Crippen LogP contribution in [-0.4, -0.2) is 11.6 Å². The fraction of sp³-hybridized carbons (Fsp3) is 0.600. The molecule has 2 nitrogen and oxygen atoms in total. The third-order valence-corrected chi connectivity index (χ3v) is 2.41. The Balaban J connectivity index is 2.79. The molecule has 1 aliphatic rings. The standard InChI is InChI=1S/C10H14O2/c1-7(11)9-5-3-4-6-10(9)8(2)12/h3,5,9-10H,4,6H2,1-2H3. The van der Waals surface area contributed by atoms with Crippen LogP contribution in [0, 0.1) is 11.8 Å². The van der Waals surface area contributed by atoms with Gasteiger partial charge in [-0.1, -0.05) is 12.2 Å². The molecule has 0 radical (unpaired) electrons. The number of Topliss-reactive ketones (excluding diaryl/α,β-unsaturated/α-hetero) is 2. The van der Waals surface area contributed by atoms with E-state index in [9.17, 15) is 9.59 Å². The van der Waals surface area contributed by atoms with E-state index < -0.39 is 0 Å². The fourth-order valence-corrected chi connectivity index (χ4v) is 1.71. The number of ketones is 2. The second-order valence-corrected chi connectivity index (χ2v) is 3.36. The van der Waals surface area contributed by atoms with E-state index in [2.05, 4.69) is 0 Å². The molecular weight excluding hydrogens is 152 g/mol. The smallest absolute Gasteiger partial charge is 0.137 e. The summed E-state index contributed by atoms with van der Waals surface area (Å²) in [4.78, 5) is 22.2. The van der Waals surface area contributed by atoms with Gasteiger partial charge >= 0.3 is 0 Å². The second kappa shape index (κ2) is 3.65. The summed E-state index contributed by atoms with van der Waals surface area (Å²) in [6, 6.07) is 0. The molecule has 0 N–H and O–H groups in total. The molecule has 1 aliphatic carbocycles. The summed E-state index contributed by atoms with van der Waals surface area (Å²) in [5.41, 5.74) is 0. The van der Waals surface area contributed by atoms with E-state index in [0.717, 1.165) is 12.8 Å². The van der Waals surface area contributed by atoms with Crippen LogP contribution in [0.25, 0.3) is 0 Å². The van der Waals surface area contributed by atoms with Crippen LogP contribution in [-0.2, 0) is 9.59 Å². The van der Waals surface area contributed by atoms with Crippen molar-refractivity contribution in [2.45, 2.75) is 26.7 Å². The molecule has 0 spiro atoms. The Kier molecular flexibility index (Phi) is 2.79. The fourth-order valence-electron chi connectivity index (χ4n) is 1.71. The highest BCUT2D eigenvalue weighted by molar-refractivity contribution is 5.89. The van der Waals surface area contributed by atoms with Gasteiger partial charge in [-0.2, -0.15) is 0 Å². The Morgan fingerprint density at radius 3 is 2.33 bits per heavy atom. The molecule has 2 unspecified atom stereocenters. The van der Waals surface area contributed by atoms with Crippen LogP contribution in [0.4, 0.5) is 0 Å². The van der Waals surface area contributed by atoms with Crippen molar-refractivity contribution in [3.8, 4) is 0 Å². The summed E-state index contributed by atoms with van der Waals surface area (Å²) < 4.78 is 0. The van der Waals surface area contributed by atoms with Crippen molar-refractivity contribution in [1.82, 2.24) is 0 Å². The van der Waals surface area contributed by atoms with Gasteiger partial charge in [-0.3, -0.25) is 9.59 Å². The first-order valence-corrected chi connectivity index (χ1v) is 4.30. The van der Waals surface area contributed by atoms with Crippen LogP contribution in [0.3, 0.4) is 0 Å². The number of hydrogen-bond acceptors (Lipinski definition) is 2. The maximum absolute atomic E-state index is 11.1. The normalized spacial score (nSPS) is 28.5. The summed E-state index contributed by atoms with van der Waals surface area (Å²) in [6.07, 6.45) is 5.62. The van der Waals surface area contributed by atoms with Gasteiger partial charge in [0, 0.05) is 11.8 Å². The van der Waals surface area contributed by atoms with Crippen LogP contribution >= 0.6 is 0 Å². The minimum Gasteiger partial charge on any atom is -0.300 e. The average molecular weight is 166 g/mol. The predicted octanol–water partition coefficient (Wildman–Crippen LogP) is 1.75. The van der Waals surface area contributed by atoms with Crippen molar-refractivity contribution < 1.29 is 9.59 Å². The third-order valence-electron chi connectivity index (χ3n) is 2.41. The van der Waals surface area contributed by atoms with Crippen LogP contribution in [0.15, 0.2) is 12.2 Å². The number of allylic oxidation sites excluding steroid dienone is 2. The zero-order valence-corrected chi connectivity index (χ0v) is 7.54. The molecule has 0 amide bonds. The highest BCUT2D eigenvalue weighted by Crippen LogP contribution is 2.26. The van der Waals surface area contributed by atoms with Crippen molar-refractivity contribution in [1.29, 1.82) is 0 Å². The highest BCUT2D eigenvalue weighted by atomic mass is 16.1. The Hall–Kier alpha value is -0.920. The van der Waals surface area contributed by atoms with Gasteiger partial charge < -0.3 is 0 Å². The Morgan fingerprint density at radius 2 is 1.92 bits per heavy atom. The SMILES string of the molecule is CC(=O)C1C=CCCC1C(C)=O. The lowest BCUT2D eigenvalue weighted by Crippen LogP contribution is -2.27. The predicted molar refractivity (Wildman–Crippen MR) is 46.7 cm³/mol. The van der Waals surface area contributed by atoms with Gasteiger partial charge in [-0.25, -0.2) is 0 Å². The largest absolute Gasteiger partial charge is 0.300 e. The first kappa shape index (κ1) is 9.17. The van der Waals surface area contributed by atoms with E-state index in [1.165, 1.54) is 0 Å². The van der Waals surface area contributed by atoms with E-state index in [4.69, 9.17) is 0 Å². The van der Waals surface area contributed by atoms with Crippen LogP contribution in [0.1, 0.15) is 26.7 Å². The van der Waals surface area contributed by atoms with Crippen molar-refractivity contribution in [2.24, 2.45) is 11.8 Å². The molecule has 0 aromatic heterocycles. The lowest BCUT2D eigenvalue weighted by Gasteiger charge is -2.22. The summed E-state index contributed by atoms with van der Waals surface area (Å²) in [5, 5.41) is 0. The van der Waals surface area contributed by atoms with Gasteiger partial charge in [0.05, 0.1) is 0 Å². The summed E-state index contributed by atoms with van der Waals surface area (Å²) >= 11 is 0. The number of hydrogen-bond donors (Lipinski definition) is 0. The zero-order chi connectivity index (χ0) is 9.14. The molecule has 0 heterocycles. The highest BCUT2D eigenvalue weighted by Gasteiger charge is 2.28. The molecule has 0 saturated carbocycles. The van der Waals surface area contributed by atoms with Crippen molar-refractivity contribution in [3.63, 3.8) is 0 Å². The second-order valence-electron chi connectivity index (χ2n) is 3.36. The molecule has 0 bridgehead atoms. The molecular formula is C10H14O2. The van der Waals surface area contributed by atoms with Crippen LogP contribution in [0.5, 0.6) is 0 Å². The quantitative estimate of drug-likeness (QED) is 0.585. The van der Waals surface area contributed by atoms with Gasteiger partial charge in [0.25, 0.3) is 0 Å². The maximum atomic E-state index is 11.1. The van der Waals surface area contributed by atoms with Crippen molar-refractivity contribution in [3.05, 3.63) is 12.2 Å². The Labute approximate surface area is 72.7 Å². The molecule has 0 aromatic carbocycles.